The molecule has 3 N–H and O–H groups in total. The zero-order valence-electron chi connectivity index (χ0n) is 20.0. The Hall–Kier alpha value is -4.57. The summed E-state index contributed by atoms with van der Waals surface area (Å²) < 4.78 is 109. The fraction of sp³-hybridized carbons (Fsp3) is 0.136. The van der Waals surface area contributed by atoms with E-state index in [1.807, 2.05) is 0 Å². The molecule has 1 heterocycles. The van der Waals surface area contributed by atoms with E-state index >= 15 is 4.39 Å². The zero-order valence-corrected chi connectivity index (χ0v) is 20.0. The van der Waals surface area contributed by atoms with Crippen molar-refractivity contribution in [2.75, 3.05) is 5.32 Å². The average Bonchev–Trinajstić information content (AvgIpc) is 2.77. The van der Waals surface area contributed by atoms with Gasteiger partial charge < -0.3 is 30.0 Å². The number of rotatable bonds is 9. The molecule has 3 rings (SSSR count). The molecule has 3 aromatic rings. The first kappa shape index (κ1) is 31.0. The molecule has 0 spiro atoms. The number of hydrogen-bond acceptors (Lipinski definition) is 7. The van der Waals surface area contributed by atoms with Gasteiger partial charge in [0, 0.05) is 30.1 Å². The fourth-order valence-corrected chi connectivity index (χ4v) is 3.05. The first-order chi connectivity index (χ1) is 18.8. The molecule has 0 unspecified atom stereocenters. The van der Waals surface area contributed by atoms with E-state index in [4.69, 9.17) is 38.7 Å². The van der Waals surface area contributed by atoms with Crippen LogP contribution in [0.3, 0.4) is 0 Å². The number of aromatic nitrogens is 1. The van der Waals surface area contributed by atoms with Crippen LogP contribution in [0, 0.1) is 5.82 Å². The second-order valence-corrected chi connectivity index (χ2v) is 7.79. The van der Waals surface area contributed by atoms with E-state index in [9.17, 15) is 35.9 Å². The predicted octanol–water partition coefficient (Wildman–Crippen LogP) is 3.66. The van der Waals surface area contributed by atoms with Crippen LogP contribution in [0.5, 0.6) is 28.7 Å². The van der Waals surface area contributed by atoms with Gasteiger partial charge in [0.2, 0.25) is 0 Å². The minimum Gasteiger partial charge on any atom is -0.512 e. The highest BCUT2D eigenvalue weighted by atomic mass is 19.4. The monoisotopic (exact) mass is 579 g/mol. The number of carbonyl (C=O) groups is 2. The second-order valence-electron chi connectivity index (χ2n) is 7.79. The third-order valence-electron chi connectivity index (χ3n) is 4.41. The Morgan fingerprint density at radius 1 is 0.805 bits per heavy atom. The van der Waals surface area contributed by atoms with E-state index in [0.717, 1.165) is 18.3 Å². The predicted molar refractivity (Wildman–Crippen MR) is 128 cm³/mol. The molecule has 6 radical (unpaired) electrons. The fourth-order valence-electron chi connectivity index (χ4n) is 3.05. The Bertz CT molecular complexity index is 1470. The first-order valence-electron chi connectivity index (χ1n) is 10.6. The largest absolute Gasteiger partial charge is 0.573 e. The van der Waals surface area contributed by atoms with E-state index < -0.39 is 70.0 Å². The van der Waals surface area contributed by atoms with E-state index in [0.29, 0.717) is 18.2 Å². The number of benzene rings is 2. The Morgan fingerprint density at radius 3 is 2.00 bits per heavy atom. The lowest BCUT2D eigenvalue weighted by molar-refractivity contribution is -0.275. The number of ether oxygens (including phenoxy) is 4. The van der Waals surface area contributed by atoms with Gasteiger partial charge in [-0.2, -0.15) is 0 Å². The van der Waals surface area contributed by atoms with Crippen LogP contribution in [0.4, 0.5) is 36.4 Å². The van der Waals surface area contributed by atoms with Crippen LogP contribution < -0.4 is 30.0 Å². The SMILES string of the molecule is [B]C([B])([B])Oc1cc(OC(F)(F)F)ccc1Oc1cc(OC(F)(F)F)cc(F)c1C(=O)Nc1ccnc(C(N)=O)c1. The normalized spacial score (nSPS) is 11.9. The van der Waals surface area contributed by atoms with E-state index in [1.165, 1.54) is 6.07 Å². The number of nitrogens with two attached hydrogens (primary N) is 1. The molecular formula is C22H11B3F7N3O6. The van der Waals surface area contributed by atoms with E-state index in [2.05, 4.69) is 19.8 Å². The van der Waals surface area contributed by atoms with Crippen molar-refractivity contribution in [1.29, 1.82) is 0 Å². The quantitative estimate of drug-likeness (QED) is 0.294. The minimum absolute atomic E-state index is 0.142. The summed E-state index contributed by atoms with van der Waals surface area (Å²) in [6, 6.07) is 4.78. The summed E-state index contributed by atoms with van der Waals surface area (Å²) in [4.78, 5) is 28.0. The van der Waals surface area contributed by atoms with Crippen LogP contribution in [0.1, 0.15) is 20.8 Å². The Morgan fingerprint density at radius 2 is 1.41 bits per heavy atom. The smallest absolute Gasteiger partial charge is 0.512 e. The maximum Gasteiger partial charge on any atom is 0.573 e. The number of hydrogen-bond donors (Lipinski definition) is 2. The topological polar surface area (TPSA) is 122 Å². The lowest BCUT2D eigenvalue weighted by Gasteiger charge is -2.25. The van der Waals surface area contributed by atoms with Gasteiger partial charge in [0.25, 0.3) is 11.8 Å². The molecule has 0 saturated heterocycles. The molecule has 41 heavy (non-hydrogen) atoms. The molecular weight excluding hydrogens is 568 g/mol. The molecule has 0 aliphatic heterocycles. The molecule has 0 bridgehead atoms. The Kier molecular flexibility index (Phi) is 8.69. The number of nitrogens with zero attached hydrogens (tertiary/aromatic N) is 1. The molecule has 2 amide bonds. The molecule has 0 aliphatic carbocycles. The summed E-state index contributed by atoms with van der Waals surface area (Å²) in [6.45, 7) is 0. The van der Waals surface area contributed by atoms with Crippen LogP contribution in [-0.2, 0) is 0 Å². The zero-order chi connectivity index (χ0) is 30.8. The molecule has 0 fully saturated rings. The summed E-state index contributed by atoms with van der Waals surface area (Å²) in [7, 11) is 16.0. The van der Waals surface area contributed by atoms with Crippen LogP contribution >= 0.6 is 0 Å². The molecule has 2 aromatic carbocycles. The standard InChI is InChI=1S/C22H11B3F7N3O6/c23-20(24,25)41-15-7-10(39-21(27,28)29)1-2-14(15)38-16-8-11(40-22(30,31)32)6-12(26)17(16)19(37)35-9-3-4-34-13(5-9)18(33)36/h1-8H,(H2,33,36)(H,34,35,37). The molecule has 208 valence electrons. The summed E-state index contributed by atoms with van der Waals surface area (Å²) in [5.41, 5.74) is 3.65. The lowest BCUT2D eigenvalue weighted by Crippen LogP contribution is -2.37. The van der Waals surface area contributed by atoms with Crippen molar-refractivity contribution in [3.8, 4) is 28.7 Å². The van der Waals surface area contributed by atoms with Gasteiger partial charge in [-0.05, 0) is 29.6 Å². The van der Waals surface area contributed by atoms with Crippen molar-refractivity contribution in [3.05, 3.63) is 65.7 Å². The van der Waals surface area contributed by atoms with Crippen molar-refractivity contribution in [2.45, 2.75) is 18.0 Å². The number of nitrogens with one attached hydrogen (secondary N) is 1. The molecule has 19 heteroatoms. The first-order valence-corrected chi connectivity index (χ1v) is 10.6. The van der Waals surface area contributed by atoms with Crippen molar-refractivity contribution in [1.82, 2.24) is 4.98 Å². The number of alkyl halides is 6. The van der Waals surface area contributed by atoms with Crippen LogP contribution in [0.25, 0.3) is 0 Å². The maximum atomic E-state index is 15.1. The van der Waals surface area contributed by atoms with Crippen LogP contribution in [0.2, 0.25) is 0 Å². The number of carbonyl (C=O) groups excluding carboxylic acids is 2. The maximum absolute atomic E-state index is 15.1. The number of pyridine rings is 1. The van der Waals surface area contributed by atoms with Gasteiger partial charge in [-0.1, -0.05) is 0 Å². The molecule has 0 atom stereocenters. The summed E-state index contributed by atoms with van der Waals surface area (Å²) in [6.07, 6.45) is -9.40. The second kappa shape index (κ2) is 11.5. The molecule has 0 saturated carbocycles. The number of anilines is 1. The average molecular weight is 579 g/mol. The van der Waals surface area contributed by atoms with Crippen molar-refractivity contribution < 1.29 is 59.3 Å². The lowest BCUT2D eigenvalue weighted by atomic mass is 9.52. The highest BCUT2D eigenvalue weighted by Gasteiger charge is 2.34. The number of halogens is 7. The van der Waals surface area contributed by atoms with Gasteiger partial charge in [-0.3, -0.25) is 14.6 Å². The third-order valence-corrected chi connectivity index (χ3v) is 4.41. The Labute approximate surface area is 229 Å². The van der Waals surface area contributed by atoms with Crippen molar-refractivity contribution in [2.24, 2.45) is 5.73 Å². The van der Waals surface area contributed by atoms with Gasteiger partial charge in [-0.25, -0.2) is 4.39 Å². The summed E-state index contributed by atoms with van der Waals surface area (Å²) in [5, 5.41) is -0.371. The molecule has 0 aliphatic rings. The van der Waals surface area contributed by atoms with Crippen LogP contribution in [0.15, 0.2) is 48.7 Å². The van der Waals surface area contributed by atoms with Gasteiger partial charge in [-0.15, -0.1) is 26.3 Å². The van der Waals surface area contributed by atoms with Crippen molar-refractivity contribution in [3.63, 3.8) is 0 Å². The van der Waals surface area contributed by atoms with Gasteiger partial charge in [0.1, 0.15) is 57.9 Å². The van der Waals surface area contributed by atoms with Crippen molar-refractivity contribution >= 4 is 41.0 Å². The van der Waals surface area contributed by atoms with Crippen LogP contribution in [-0.4, -0.2) is 58.4 Å². The van der Waals surface area contributed by atoms with E-state index in [1.54, 1.807) is 0 Å². The third kappa shape index (κ3) is 9.25. The van der Waals surface area contributed by atoms with E-state index in [-0.39, 0.29) is 17.4 Å². The highest BCUT2D eigenvalue weighted by Crippen LogP contribution is 2.41. The molecule has 1 aromatic heterocycles. The minimum atomic E-state index is -5.31. The van der Waals surface area contributed by atoms with Gasteiger partial charge >= 0.3 is 12.7 Å². The highest BCUT2D eigenvalue weighted by molar-refractivity contribution is 6.58. The molecule has 9 nitrogen and oxygen atoms in total. The summed E-state index contributed by atoms with van der Waals surface area (Å²) >= 11 is 0. The number of primary amides is 1. The van der Waals surface area contributed by atoms with Gasteiger partial charge in [0.15, 0.2) is 11.5 Å². The summed E-state index contributed by atoms with van der Waals surface area (Å²) in [5.74, 6) is -8.40. The van der Waals surface area contributed by atoms with Gasteiger partial charge in [0.05, 0.1) is 0 Å². The Balaban J connectivity index is 2.11. The number of amides is 2.